The van der Waals surface area contributed by atoms with Crippen molar-refractivity contribution in [3.8, 4) is 5.75 Å². The van der Waals surface area contributed by atoms with Crippen molar-refractivity contribution in [3.05, 3.63) is 27.7 Å². The van der Waals surface area contributed by atoms with E-state index in [-0.39, 0.29) is 0 Å². The molecule has 0 saturated heterocycles. The highest BCUT2D eigenvalue weighted by Gasteiger charge is 2.21. The Morgan fingerprint density at radius 1 is 1.44 bits per heavy atom. The van der Waals surface area contributed by atoms with Crippen LogP contribution in [-0.2, 0) is 6.42 Å². The molecule has 0 amide bonds. The lowest BCUT2D eigenvalue weighted by atomic mass is 10.0. The minimum atomic E-state index is 0.414. The zero-order valence-electron chi connectivity index (χ0n) is 9.43. The molecule has 0 radical (unpaired) electrons. The minimum absolute atomic E-state index is 0.414. The normalized spacial score (nSPS) is 15.7. The van der Waals surface area contributed by atoms with Crippen LogP contribution in [0.5, 0.6) is 5.75 Å². The van der Waals surface area contributed by atoms with E-state index in [1.807, 2.05) is 0 Å². The molecule has 1 aliphatic heterocycles. The fourth-order valence-electron chi connectivity index (χ4n) is 2.07. The van der Waals surface area contributed by atoms with Gasteiger partial charge in [-0.25, -0.2) is 0 Å². The zero-order chi connectivity index (χ0) is 11.5. The van der Waals surface area contributed by atoms with Crippen molar-refractivity contribution in [1.29, 1.82) is 0 Å². The topological polar surface area (TPSA) is 9.23 Å². The Morgan fingerprint density at radius 3 is 3.00 bits per heavy atom. The number of fused-ring (bicyclic) bond motifs is 1. The standard InChI is InChI=1S/C13H16Br2O/c1-2-3-4-12(15)11-8-10(14)7-9-5-6-16-13(9)11/h7-8,12H,2-6H2,1H3. The first-order valence-corrected chi connectivity index (χ1v) is 7.52. The van der Waals surface area contributed by atoms with Crippen LogP contribution < -0.4 is 4.74 Å². The minimum Gasteiger partial charge on any atom is -0.493 e. The van der Waals surface area contributed by atoms with Crippen molar-refractivity contribution < 1.29 is 4.74 Å². The molecule has 0 saturated carbocycles. The Balaban J connectivity index is 2.26. The molecule has 0 aromatic heterocycles. The molecule has 0 N–H and O–H groups in total. The van der Waals surface area contributed by atoms with Crippen LogP contribution in [0.25, 0.3) is 0 Å². The molecule has 1 heterocycles. The number of hydrogen-bond donors (Lipinski definition) is 0. The van der Waals surface area contributed by atoms with Crippen LogP contribution in [0, 0.1) is 0 Å². The summed E-state index contributed by atoms with van der Waals surface area (Å²) in [5.41, 5.74) is 2.64. The van der Waals surface area contributed by atoms with Crippen LogP contribution in [0.15, 0.2) is 16.6 Å². The quantitative estimate of drug-likeness (QED) is 0.695. The number of halogens is 2. The zero-order valence-corrected chi connectivity index (χ0v) is 12.6. The molecule has 0 spiro atoms. The Morgan fingerprint density at radius 2 is 2.25 bits per heavy atom. The molecule has 16 heavy (non-hydrogen) atoms. The first-order chi connectivity index (χ1) is 7.72. The van der Waals surface area contributed by atoms with Crippen LogP contribution in [0.3, 0.4) is 0 Å². The average molecular weight is 348 g/mol. The molecule has 1 unspecified atom stereocenters. The fourth-order valence-corrected chi connectivity index (χ4v) is 3.26. The van der Waals surface area contributed by atoms with Gasteiger partial charge >= 0.3 is 0 Å². The molecule has 0 fully saturated rings. The number of alkyl halides is 1. The van der Waals surface area contributed by atoms with Crippen LogP contribution in [0.4, 0.5) is 0 Å². The van der Waals surface area contributed by atoms with Gasteiger partial charge in [0.2, 0.25) is 0 Å². The summed E-state index contributed by atoms with van der Waals surface area (Å²) in [6, 6.07) is 4.35. The maximum atomic E-state index is 5.73. The highest BCUT2D eigenvalue weighted by Crippen LogP contribution is 2.41. The van der Waals surface area contributed by atoms with Crippen LogP contribution >= 0.6 is 31.9 Å². The predicted molar refractivity (Wildman–Crippen MR) is 74.5 cm³/mol. The number of ether oxygens (including phenoxy) is 1. The van der Waals surface area contributed by atoms with E-state index in [1.165, 1.54) is 30.4 Å². The molecule has 1 aromatic rings. The van der Waals surface area contributed by atoms with Crippen LogP contribution in [-0.4, -0.2) is 6.61 Å². The number of hydrogen-bond acceptors (Lipinski definition) is 1. The van der Waals surface area contributed by atoms with E-state index in [1.54, 1.807) is 0 Å². The second kappa shape index (κ2) is 5.54. The highest BCUT2D eigenvalue weighted by atomic mass is 79.9. The number of unbranched alkanes of at least 4 members (excludes halogenated alkanes) is 1. The van der Waals surface area contributed by atoms with Crippen molar-refractivity contribution in [2.24, 2.45) is 0 Å². The van der Waals surface area contributed by atoms with Gasteiger partial charge in [-0.05, 0) is 24.1 Å². The summed E-state index contributed by atoms with van der Waals surface area (Å²) in [5, 5.41) is 0. The Bertz CT molecular complexity index is 376. The molecule has 1 aliphatic rings. The van der Waals surface area contributed by atoms with Crippen molar-refractivity contribution in [2.75, 3.05) is 6.61 Å². The van der Waals surface area contributed by atoms with E-state index in [9.17, 15) is 0 Å². The van der Waals surface area contributed by atoms with Crippen molar-refractivity contribution in [3.63, 3.8) is 0 Å². The largest absolute Gasteiger partial charge is 0.493 e. The Hall–Kier alpha value is -0.0200. The first-order valence-electron chi connectivity index (χ1n) is 5.81. The van der Waals surface area contributed by atoms with Crippen molar-refractivity contribution >= 4 is 31.9 Å². The highest BCUT2D eigenvalue weighted by molar-refractivity contribution is 9.10. The molecule has 1 nitrogen and oxygen atoms in total. The summed E-state index contributed by atoms with van der Waals surface area (Å²) in [6.45, 7) is 3.05. The van der Waals surface area contributed by atoms with Crippen molar-refractivity contribution in [2.45, 2.75) is 37.4 Å². The lowest BCUT2D eigenvalue weighted by molar-refractivity contribution is 0.353. The fraction of sp³-hybridized carbons (Fsp3) is 0.538. The first kappa shape index (κ1) is 12.4. The molecule has 1 atom stereocenters. The molecular weight excluding hydrogens is 332 g/mol. The summed E-state index contributed by atoms with van der Waals surface area (Å²) < 4.78 is 6.89. The Labute approximate surface area is 114 Å². The van der Waals surface area contributed by atoms with Gasteiger partial charge in [-0.2, -0.15) is 0 Å². The lowest BCUT2D eigenvalue weighted by Crippen LogP contribution is -1.95. The maximum absolute atomic E-state index is 5.73. The summed E-state index contributed by atoms with van der Waals surface area (Å²) in [5.74, 6) is 1.11. The summed E-state index contributed by atoms with van der Waals surface area (Å²) in [6.07, 6.45) is 4.69. The third kappa shape index (κ3) is 2.62. The third-order valence-corrected chi connectivity index (χ3v) is 4.33. The molecule has 3 heteroatoms. The molecule has 88 valence electrons. The van der Waals surface area contributed by atoms with E-state index >= 15 is 0 Å². The van der Waals surface area contributed by atoms with Gasteiger partial charge in [-0.1, -0.05) is 51.6 Å². The summed E-state index contributed by atoms with van der Waals surface area (Å²) in [4.78, 5) is 0.414. The smallest absolute Gasteiger partial charge is 0.127 e. The van der Waals surface area contributed by atoms with Gasteiger partial charge in [0.25, 0.3) is 0 Å². The van der Waals surface area contributed by atoms with E-state index in [0.717, 1.165) is 23.2 Å². The van der Waals surface area contributed by atoms with E-state index < -0.39 is 0 Å². The van der Waals surface area contributed by atoms with Gasteiger partial charge in [-0.15, -0.1) is 0 Å². The molecule has 0 aliphatic carbocycles. The molecule has 1 aromatic carbocycles. The SMILES string of the molecule is CCCCC(Br)c1cc(Br)cc2c1OCC2. The maximum Gasteiger partial charge on any atom is 0.127 e. The second-order valence-electron chi connectivity index (χ2n) is 4.19. The van der Waals surface area contributed by atoms with Gasteiger partial charge in [-0.3, -0.25) is 0 Å². The van der Waals surface area contributed by atoms with E-state index in [0.29, 0.717) is 4.83 Å². The van der Waals surface area contributed by atoms with Gasteiger partial charge in [0.1, 0.15) is 5.75 Å². The van der Waals surface area contributed by atoms with Gasteiger partial charge < -0.3 is 4.74 Å². The third-order valence-electron chi connectivity index (χ3n) is 2.93. The monoisotopic (exact) mass is 346 g/mol. The molecule has 0 bridgehead atoms. The van der Waals surface area contributed by atoms with Gasteiger partial charge in [0.05, 0.1) is 6.61 Å². The Kier molecular flexibility index (Phi) is 4.31. The second-order valence-corrected chi connectivity index (χ2v) is 6.21. The number of benzene rings is 1. The molecule has 2 rings (SSSR count). The van der Waals surface area contributed by atoms with Crippen LogP contribution in [0.2, 0.25) is 0 Å². The summed E-state index contributed by atoms with van der Waals surface area (Å²) in [7, 11) is 0. The van der Waals surface area contributed by atoms with Gasteiger partial charge in [0.15, 0.2) is 0 Å². The number of rotatable bonds is 4. The van der Waals surface area contributed by atoms with E-state index in [2.05, 4.69) is 50.9 Å². The van der Waals surface area contributed by atoms with Gasteiger partial charge in [0, 0.05) is 21.3 Å². The van der Waals surface area contributed by atoms with E-state index in [4.69, 9.17) is 4.74 Å². The van der Waals surface area contributed by atoms with Crippen LogP contribution in [0.1, 0.15) is 42.1 Å². The van der Waals surface area contributed by atoms with Crippen molar-refractivity contribution in [1.82, 2.24) is 0 Å². The molecular formula is C13H16Br2O. The predicted octanol–water partition coefficient (Wildman–Crippen LogP) is 5.01. The average Bonchev–Trinajstić information content (AvgIpc) is 2.72. The lowest BCUT2D eigenvalue weighted by Gasteiger charge is -2.14. The summed E-state index contributed by atoms with van der Waals surface area (Å²) >= 11 is 7.35.